The Hall–Kier alpha value is -2.68. The van der Waals surface area contributed by atoms with Gasteiger partial charge in [0.25, 0.3) is 5.56 Å². The summed E-state index contributed by atoms with van der Waals surface area (Å²) in [5.74, 6) is 1.41. The number of fused-ring (bicyclic) bond motifs is 1. The van der Waals surface area contributed by atoms with Crippen molar-refractivity contribution < 1.29 is 4.79 Å². The van der Waals surface area contributed by atoms with Crippen molar-refractivity contribution in [1.82, 2.24) is 24.7 Å². The highest BCUT2D eigenvalue weighted by Crippen LogP contribution is 2.21. The second-order valence-corrected chi connectivity index (χ2v) is 6.37. The van der Waals surface area contributed by atoms with Gasteiger partial charge in [-0.2, -0.15) is 0 Å². The Bertz CT molecular complexity index is 965. The molecular weight excluding hydrogens is 340 g/mol. The maximum absolute atomic E-state index is 12.1. The van der Waals surface area contributed by atoms with E-state index < -0.39 is 0 Å². The molecule has 9 heteroatoms. The van der Waals surface area contributed by atoms with Gasteiger partial charge in [-0.1, -0.05) is 23.9 Å². The molecule has 130 valence electrons. The number of benzene rings is 1. The summed E-state index contributed by atoms with van der Waals surface area (Å²) < 4.78 is 1.94. The number of aromatic nitrogens is 5. The molecule has 1 aromatic carbocycles. The van der Waals surface area contributed by atoms with Crippen molar-refractivity contribution in [2.75, 3.05) is 0 Å². The van der Waals surface area contributed by atoms with Crippen LogP contribution in [0.5, 0.6) is 0 Å². The standard InChI is InChI=1S/C16H18N6O2S/c1-2-22-14(8-7-12(17)23)20-21-16(22)25-9-13-18-11-6-4-3-5-10(11)15(24)19-13/h3-6H,2,7-9H2,1H3,(H2,17,23)(H,18,19,24). The minimum atomic E-state index is -0.363. The lowest BCUT2D eigenvalue weighted by atomic mass is 10.2. The number of aromatic amines is 1. The van der Waals surface area contributed by atoms with Crippen LogP contribution in [0.1, 0.15) is 25.0 Å². The zero-order valence-corrected chi connectivity index (χ0v) is 14.5. The van der Waals surface area contributed by atoms with Crippen molar-refractivity contribution >= 4 is 28.6 Å². The van der Waals surface area contributed by atoms with E-state index in [9.17, 15) is 9.59 Å². The monoisotopic (exact) mass is 358 g/mol. The average Bonchev–Trinajstić information content (AvgIpc) is 3.00. The maximum Gasteiger partial charge on any atom is 0.258 e. The van der Waals surface area contributed by atoms with E-state index >= 15 is 0 Å². The first-order valence-corrected chi connectivity index (χ1v) is 8.88. The van der Waals surface area contributed by atoms with Crippen LogP contribution >= 0.6 is 11.8 Å². The Morgan fingerprint density at radius 2 is 2.12 bits per heavy atom. The van der Waals surface area contributed by atoms with Crippen molar-refractivity contribution in [3.63, 3.8) is 0 Å². The molecule has 0 atom stereocenters. The maximum atomic E-state index is 12.1. The highest BCUT2D eigenvalue weighted by molar-refractivity contribution is 7.98. The predicted molar refractivity (Wildman–Crippen MR) is 95.1 cm³/mol. The molecule has 0 aliphatic heterocycles. The molecular formula is C16H18N6O2S. The predicted octanol–water partition coefficient (Wildman–Crippen LogP) is 1.24. The van der Waals surface area contributed by atoms with Crippen molar-refractivity contribution in [2.24, 2.45) is 5.73 Å². The minimum Gasteiger partial charge on any atom is -0.370 e. The van der Waals surface area contributed by atoms with E-state index in [2.05, 4.69) is 20.2 Å². The van der Waals surface area contributed by atoms with Crippen LogP contribution in [0.15, 0.2) is 34.2 Å². The number of rotatable bonds is 7. The first-order chi connectivity index (χ1) is 12.1. The molecule has 0 aliphatic rings. The third kappa shape index (κ3) is 3.87. The van der Waals surface area contributed by atoms with Gasteiger partial charge in [-0.3, -0.25) is 9.59 Å². The van der Waals surface area contributed by atoms with E-state index in [4.69, 9.17) is 5.73 Å². The lowest BCUT2D eigenvalue weighted by Gasteiger charge is -2.07. The van der Waals surface area contributed by atoms with Crippen LogP contribution in [0.25, 0.3) is 10.9 Å². The van der Waals surface area contributed by atoms with Crippen LogP contribution in [-0.4, -0.2) is 30.6 Å². The summed E-state index contributed by atoms with van der Waals surface area (Å²) in [7, 11) is 0. The molecule has 0 aliphatic carbocycles. The van der Waals surface area contributed by atoms with Gasteiger partial charge in [0.2, 0.25) is 5.91 Å². The third-order valence-electron chi connectivity index (χ3n) is 3.70. The Morgan fingerprint density at radius 3 is 2.88 bits per heavy atom. The molecule has 2 heterocycles. The molecule has 0 saturated carbocycles. The van der Waals surface area contributed by atoms with Gasteiger partial charge in [0.15, 0.2) is 5.16 Å². The number of hydrogen-bond donors (Lipinski definition) is 2. The second kappa shape index (κ2) is 7.47. The highest BCUT2D eigenvalue weighted by Gasteiger charge is 2.13. The molecule has 25 heavy (non-hydrogen) atoms. The van der Waals surface area contributed by atoms with Gasteiger partial charge < -0.3 is 15.3 Å². The molecule has 3 rings (SSSR count). The quantitative estimate of drug-likeness (QED) is 0.613. The summed E-state index contributed by atoms with van der Waals surface area (Å²) in [6.07, 6.45) is 0.699. The zero-order chi connectivity index (χ0) is 17.8. The summed E-state index contributed by atoms with van der Waals surface area (Å²) in [6, 6.07) is 7.22. The van der Waals surface area contributed by atoms with Gasteiger partial charge in [0, 0.05) is 19.4 Å². The number of aryl methyl sites for hydroxylation is 1. The third-order valence-corrected chi connectivity index (χ3v) is 4.68. The fourth-order valence-corrected chi connectivity index (χ4v) is 3.39. The van der Waals surface area contributed by atoms with Crippen LogP contribution in [0.4, 0.5) is 0 Å². The van der Waals surface area contributed by atoms with Crippen LogP contribution in [0.3, 0.4) is 0 Å². The Balaban J connectivity index is 1.77. The van der Waals surface area contributed by atoms with Crippen molar-refractivity contribution in [2.45, 2.75) is 37.2 Å². The first-order valence-electron chi connectivity index (χ1n) is 7.89. The van der Waals surface area contributed by atoms with Crippen LogP contribution in [-0.2, 0) is 23.5 Å². The number of carbonyl (C=O) groups excluding carboxylic acids is 1. The van der Waals surface area contributed by atoms with E-state index in [1.165, 1.54) is 11.8 Å². The van der Waals surface area contributed by atoms with Crippen LogP contribution in [0.2, 0.25) is 0 Å². The summed E-state index contributed by atoms with van der Waals surface area (Å²) in [4.78, 5) is 30.3. The zero-order valence-electron chi connectivity index (χ0n) is 13.7. The van der Waals surface area contributed by atoms with Crippen LogP contribution in [0, 0.1) is 0 Å². The van der Waals surface area contributed by atoms with Gasteiger partial charge in [-0.05, 0) is 19.1 Å². The normalized spacial score (nSPS) is 11.1. The van der Waals surface area contributed by atoms with E-state index in [-0.39, 0.29) is 17.9 Å². The number of thioether (sulfide) groups is 1. The van der Waals surface area contributed by atoms with Gasteiger partial charge in [-0.25, -0.2) is 4.98 Å². The largest absolute Gasteiger partial charge is 0.370 e. The molecule has 3 aromatic rings. The van der Waals surface area contributed by atoms with E-state index in [1.807, 2.05) is 29.7 Å². The average molecular weight is 358 g/mol. The Morgan fingerprint density at radius 1 is 1.32 bits per heavy atom. The molecule has 0 radical (unpaired) electrons. The molecule has 0 saturated heterocycles. The fourth-order valence-electron chi connectivity index (χ4n) is 2.50. The number of primary amides is 1. The van der Waals surface area contributed by atoms with Gasteiger partial charge in [0.1, 0.15) is 11.6 Å². The topological polar surface area (TPSA) is 120 Å². The Labute approximate surface area is 147 Å². The first kappa shape index (κ1) is 17.2. The molecule has 8 nitrogen and oxygen atoms in total. The smallest absolute Gasteiger partial charge is 0.258 e. The summed E-state index contributed by atoms with van der Waals surface area (Å²) in [6.45, 7) is 2.67. The summed E-state index contributed by atoms with van der Waals surface area (Å²) >= 11 is 1.44. The lowest BCUT2D eigenvalue weighted by Crippen LogP contribution is -2.13. The lowest BCUT2D eigenvalue weighted by molar-refractivity contribution is -0.118. The number of nitrogens with two attached hydrogens (primary N) is 1. The van der Waals surface area contributed by atoms with Crippen molar-refractivity contribution in [3.8, 4) is 0 Å². The minimum absolute atomic E-state index is 0.152. The molecule has 0 fully saturated rings. The van der Waals surface area contributed by atoms with Gasteiger partial charge in [0.05, 0.1) is 16.7 Å². The highest BCUT2D eigenvalue weighted by atomic mass is 32.2. The fraction of sp³-hybridized carbons (Fsp3) is 0.312. The number of amides is 1. The molecule has 3 N–H and O–H groups in total. The van der Waals surface area contributed by atoms with Crippen molar-refractivity contribution in [1.29, 1.82) is 0 Å². The second-order valence-electron chi connectivity index (χ2n) is 5.43. The van der Waals surface area contributed by atoms with E-state index in [0.29, 0.717) is 35.4 Å². The number of para-hydroxylation sites is 1. The summed E-state index contributed by atoms with van der Waals surface area (Å²) in [5.41, 5.74) is 5.70. The number of H-pyrrole nitrogens is 1. The van der Waals surface area contributed by atoms with E-state index in [0.717, 1.165) is 11.0 Å². The molecule has 2 aromatic heterocycles. The molecule has 0 spiro atoms. The number of hydrogen-bond acceptors (Lipinski definition) is 6. The molecule has 1 amide bonds. The number of nitrogens with zero attached hydrogens (tertiary/aromatic N) is 4. The number of nitrogens with one attached hydrogen (secondary N) is 1. The molecule has 0 unspecified atom stereocenters. The van der Waals surface area contributed by atoms with Crippen molar-refractivity contribution in [3.05, 3.63) is 46.3 Å². The van der Waals surface area contributed by atoms with Crippen LogP contribution < -0.4 is 11.3 Å². The SMILES string of the molecule is CCn1c(CCC(N)=O)nnc1SCc1nc2ccccc2c(=O)[nH]1. The summed E-state index contributed by atoms with van der Waals surface area (Å²) in [5, 5.41) is 9.59. The molecule has 0 bridgehead atoms. The van der Waals surface area contributed by atoms with E-state index in [1.54, 1.807) is 6.07 Å². The van der Waals surface area contributed by atoms with Gasteiger partial charge >= 0.3 is 0 Å². The number of carbonyl (C=O) groups is 1. The Kier molecular flexibility index (Phi) is 5.13. The van der Waals surface area contributed by atoms with Gasteiger partial charge in [-0.15, -0.1) is 10.2 Å².